The second kappa shape index (κ2) is 4.07. The average Bonchev–Trinajstić information content (AvgIpc) is 2.70. The van der Waals surface area contributed by atoms with Crippen LogP contribution in [0, 0.1) is 0 Å². The van der Waals surface area contributed by atoms with Crippen LogP contribution in [0.15, 0.2) is 10.7 Å². The molecule has 1 fully saturated rings. The molecular formula is C10H15BrN2O3S. The van der Waals surface area contributed by atoms with Gasteiger partial charge in [-0.3, -0.25) is 4.68 Å². The molecule has 2 rings (SSSR count). The highest BCUT2D eigenvalue weighted by Crippen LogP contribution is 2.44. The highest BCUT2D eigenvalue weighted by molar-refractivity contribution is 9.10. The highest BCUT2D eigenvalue weighted by Gasteiger charge is 2.50. The Morgan fingerprint density at radius 1 is 1.65 bits per heavy atom. The summed E-state index contributed by atoms with van der Waals surface area (Å²) in [5.74, 6) is 0. The first kappa shape index (κ1) is 13.0. The van der Waals surface area contributed by atoms with E-state index in [2.05, 4.69) is 21.0 Å². The third-order valence-corrected chi connectivity index (χ3v) is 5.62. The molecule has 1 aromatic heterocycles. The molecule has 1 N–H and O–H groups in total. The lowest BCUT2D eigenvalue weighted by atomic mass is 9.97. The van der Waals surface area contributed by atoms with Crippen LogP contribution in [0.4, 0.5) is 0 Å². The quantitative estimate of drug-likeness (QED) is 0.880. The van der Waals surface area contributed by atoms with Gasteiger partial charge in [0.2, 0.25) is 0 Å². The van der Waals surface area contributed by atoms with Crippen molar-refractivity contribution in [2.24, 2.45) is 7.05 Å². The molecule has 0 saturated heterocycles. The second-order valence-corrected chi connectivity index (χ2v) is 7.68. The minimum Gasteiger partial charge on any atom is -0.382 e. The zero-order valence-electron chi connectivity index (χ0n) is 9.72. The number of halogens is 1. The zero-order chi connectivity index (χ0) is 12.8. The largest absolute Gasteiger partial charge is 0.382 e. The topological polar surface area (TPSA) is 72.2 Å². The molecule has 1 aliphatic rings. The molecule has 1 aliphatic carbocycles. The fraction of sp³-hybridized carbons (Fsp3) is 0.700. The number of nitrogens with zero attached hydrogens (tertiary/aromatic N) is 2. The fourth-order valence-corrected chi connectivity index (χ4v) is 4.92. The number of hydrogen-bond acceptors (Lipinski definition) is 4. The molecule has 0 aliphatic heterocycles. The van der Waals surface area contributed by atoms with Crippen molar-refractivity contribution < 1.29 is 13.5 Å². The summed E-state index contributed by atoms with van der Waals surface area (Å²) >= 11 is 3.32. The van der Waals surface area contributed by atoms with Crippen LogP contribution in [-0.4, -0.2) is 34.8 Å². The molecular weight excluding hydrogens is 308 g/mol. The van der Waals surface area contributed by atoms with Crippen LogP contribution in [0.3, 0.4) is 0 Å². The number of rotatable bonds is 2. The van der Waals surface area contributed by atoms with E-state index in [0.29, 0.717) is 29.4 Å². The third-order valence-electron chi connectivity index (χ3n) is 3.38. The monoisotopic (exact) mass is 322 g/mol. The van der Waals surface area contributed by atoms with Crippen LogP contribution in [-0.2, 0) is 22.5 Å². The van der Waals surface area contributed by atoms with Gasteiger partial charge in [-0.15, -0.1) is 0 Å². The summed E-state index contributed by atoms with van der Waals surface area (Å²) in [6.07, 6.45) is 4.39. The van der Waals surface area contributed by atoms with E-state index in [1.807, 2.05) is 0 Å². The minimum atomic E-state index is -3.28. The van der Waals surface area contributed by atoms with Crippen molar-refractivity contribution in [3.05, 3.63) is 16.4 Å². The van der Waals surface area contributed by atoms with Gasteiger partial charge in [-0.05, 0) is 35.2 Å². The number of sulfone groups is 1. The van der Waals surface area contributed by atoms with Gasteiger partial charge in [0.15, 0.2) is 9.84 Å². The van der Waals surface area contributed by atoms with E-state index in [1.165, 1.54) is 10.9 Å². The first-order valence-corrected chi connectivity index (χ1v) is 8.11. The molecule has 0 amide bonds. The molecule has 0 radical (unpaired) electrons. The molecule has 7 heteroatoms. The normalized spacial score (nSPS) is 29.8. The zero-order valence-corrected chi connectivity index (χ0v) is 12.1. The van der Waals surface area contributed by atoms with E-state index >= 15 is 0 Å². The first-order chi connectivity index (χ1) is 7.77. The van der Waals surface area contributed by atoms with Gasteiger partial charge >= 0.3 is 0 Å². The lowest BCUT2D eigenvalue weighted by Gasteiger charge is -2.29. The lowest BCUT2D eigenvalue weighted by molar-refractivity contribution is 0.0385. The van der Waals surface area contributed by atoms with Crippen LogP contribution < -0.4 is 0 Å². The molecule has 1 heterocycles. The summed E-state index contributed by atoms with van der Waals surface area (Å²) < 4.78 is 25.7. The predicted molar refractivity (Wildman–Crippen MR) is 67.3 cm³/mol. The van der Waals surface area contributed by atoms with Crippen LogP contribution >= 0.6 is 15.9 Å². The fourth-order valence-electron chi connectivity index (χ4n) is 2.69. The highest BCUT2D eigenvalue weighted by atomic mass is 79.9. The maximum atomic E-state index is 11.8. The average molecular weight is 323 g/mol. The summed E-state index contributed by atoms with van der Waals surface area (Å²) in [5.41, 5.74) is -0.789. The number of aromatic nitrogens is 2. The van der Waals surface area contributed by atoms with Gasteiger partial charge in [0.1, 0.15) is 5.60 Å². The molecule has 96 valence electrons. The third kappa shape index (κ3) is 2.04. The van der Waals surface area contributed by atoms with E-state index in [0.717, 1.165) is 0 Å². The molecule has 17 heavy (non-hydrogen) atoms. The second-order valence-electron chi connectivity index (χ2n) is 4.60. The summed E-state index contributed by atoms with van der Waals surface area (Å²) in [4.78, 5) is 0. The van der Waals surface area contributed by atoms with E-state index in [4.69, 9.17) is 0 Å². The van der Waals surface area contributed by atoms with E-state index in [9.17, 15) is 13.5 Å². The van der Waals surface area contributed by atoms with Crippen molar-refractivity contribution in [2.45, 2.75) is 30.1 Å². The Kier molecular flexibility index (Phi) is 3.12. The van der Waals surface area contributed by atoms with Crippen LogP contribution in [0.1, 0.15) is 25.0 Å². The Bertz CT molecular complexity index is 520. The Morgan fingerprint density at radius 2 is 2.29 bits per heavy atom. The van der Waals surface area contributed by atoms with Crippen molar-refractivity contribution in [3.63, 3.8) is 0 Å². The van der Waals surface area contributed by atoms with Crippen molar-refractivity contribution in [1.82, 2.24) is 9.78 Å². The SMILES string of the molecule is Cn1ncc(Br)c1C1(O)CCCC1S(C)(=O)=O. The summed E-state index contributed by atoms with van der Waals surface area (Å²) in [5, 5.41) is 14.0. The summed E-state index contributed by atoms with van der Waals surface area (Å²) in [7, 11) is -1.58. The number of aliphatic hydroxyl groups is 1. The van der Waals surface area contributed by atoms with Crippen LogP contribution in [0.5, 0.6) is 0 Å². The van der Waals surface area contributed by atoms with Crippen LogP contribution in [0.2, 0.25) is 0 Å². The van der Waals surface area contributed by atoms with E-state index in [-0.39, 0.29) is 0 Å². The van der Waals surface area contributed by atoms with Gasteiger partial charge in [-0.25, -0.2) is 8.42 Å². The van der Waals surface area contributed by atoms with Gasteiger partial charge in [-0.1, -0.05) is 0 Å². The molecule has 2 atom stereocenters. The molecule has 0 spiro atoms. The van der Waals surface area contributed by atoms with Crippen molar-refractivity contribution in [1.29, 1.82) is 0 Å². The van der Waals surface area contributed by atoms with Gasteiger partial charge in [0.05, 0.1) is 21.6 Å². The van der Waals surface area contributed by atoms with E-state index < -0.39 is 20.7 Å². The lowest BCUT2D eigenvalue weighted by Crippen LogP contribution is -2.41. The standard InChI is InChI=1S/C10H15BrN2O3S/c1-13-9(7(11)6-12-13)10(14)5-3-4-8(10)17(2,15)16/h6,8,14H,3-5H2,1-2H3. The van der Waals surface area contributed by atoms with Gasteiger partial charge < -0.3 is 5.11 Å². The Labute approximate surface area is 109 Å². The number of hydrogen-bond donors (Lipinski definition) is 1. The molecule has 2 unspecified atom stereocenters. The van der Waals surface area contributed by atoms with Crippen molar-refractivity contribution in [2.75, 3.05) is 6.26 Å². The maximum Gasteiger partial charge on any atom is 0.153 e. The smallest absolute Gasteiger partial charge is 0.153 e. The van der Waals surface area contributed by atoms with E-state index in [1.54, 1.807) is 13.2 Å². The van der Waals surface area contributed by atoms with Crippen molar-refractivity contribution >= 4 is 25.8 Å². The molecule has 0 bridgehead atoms. The van der Waals surface area contributed by atoms with Crippen LogP contribution in [0.25, 0.3) is 0 Å². The Morgan fingerprint density at radius 3 is 2.76 bits per heavy atom. The maximum absolute atomic E-state index is 11.8. The number of aryl methyl sites for hydroxylation is 1. The van der Waals surface area contributed by atoms with Gasteiger partial charge in [-0.2, -0.15) is 5.10 Å². The Hall–Kier alpha value is -0.400. The van der Waals surface area contributed by atoms with Gasteiger partial charge in [0.25, 0.3) is 0 Å². The summed E-state index contributed by atoms with van der Waals surface area (Å²) in [6, 6.07) is 0. The molecule has 1 saturated carbocycles. The predicted octanol–water partition coefficient (Wildman–Crippen LogP) is 0.967. The van der Waals surface area contributed by atoms with Gasteiger partial charge in [0, 0.05) is 13.3 Å². The summed E-state index contributed by atoms with van der Waals surface area (Å²) in [6.45, 7) is 0. The minimum absolute atomic E-state index is 0.447. The first-order valence-electron chi connectivity index (χ1n) is 5.36. The molecule has 0 aromatic carbocycles. The molecule has 5 nitrogen and oxygen atoms in total. The van der Waals surface area contributed by atoms with Crippen molar-refractivity contribution in [3.8, 4) is 0 Å². The molecule has 1 aromatic rings. The Balaban J connectivity index is 2.56.